The Morgan fingerprint density at radius 2 is 0.929 bits per heavy atom. The molecule has 0 unspecified atom stereocenters. The molecular formula is C64H70N3O3+. The van der Waals surface area contributed by atoms with Gasteiger partial charge < -0.3 is 24.0 Å². The van der Waals surface area contributed by atoms with Crippen LogP contribution in [0, 0.1) is 13.8 Å². The Balaban J connectivity index is 1.06. The lowest BCUT2D eigenvalue weighted by Gasteiger charge is -2.27. The number of para-hydroxylation sites is 4. The summed E-state index contributed by atoms with van der Waals surface area (Å²) in [7, 11) is 0. The summed E-state index contributed by atoms with van der Waals surface area (Å²) in [6.45, 7) is 18.0. The standard InChI is InChI=1S/C64H70N3O3/c1-48-30-36-58-56(46-48)63(3,4)60(65(58)40-20-11-21-42-69-54-26-16-9-17-27-54)38-34-50-32-33-51(62(50)67(52-22-12-7-13-23-52)53-24-14-8-15-25-53)35-39-61-64(5,6)57-47-49(2)31-37-59(57)66(61)41-43-68-44-45-70-55-28-18-10-19-29-55/h7-10,12-19,22-31,34-39,46-47H,11,20-21,32-33,40-45H2,1-6H3/q+1. The zero-order valence-corrected chi connectivity index (χ0v) is 42.2. The van der Waals surface area contributed by atoms with Crippen molar-refractivity contribution in [2.45, 2.75) is 84.5 Å². The highest BCUT2D eigenvalue weighted by molar-refractivity contribution is 6.17. The lowest BCUT2D eigenvalue weighted by molar-refractivity contribution is 0.105. The highest BCUT2D eigenvalue weighted by atomic mass is 16.5. The summed E-state index contributed by atoms with van der Waals surface area (Å²) in [5.41, 5.74) is 16.3. The number of rotatable bonds is 18. The van der Waals surface area contributed by atoms with Crippen molar-refractivity contribution < 1.29 is 14.2 Å². The summed E-state index contributed by atoms with van der Waals surface area (Å²) in [5, 5.41) is 0. The normalized spacial score (nSPS) is 18.0. The number of nitrogens with zero attached hydrogens (tertiary/aromatic N) is 3. The molecule has 358 valence electrons. The molecule has 0 amide bonds. The summed E-state index contributed by atoms with van der Waals surface area (Å²) >= 11 is 0. The molecule has 0 N–H and O–H groups in total. The Hall–Kier alpha value is -6.89. The molecule has 3 aliphatic rings. The van der Waals surface area contributed by atoms with Gasteiger partial charge in [0.2, 0.25) is 17.1 Å². The van der Waals surface area contributed by atoms with Crippen molar-refractivity contribution in [3.63, 3.8) is 0 Å². The van der Waals surface area contributed by atoms with Gasteiger partial charge in [-0.2, -0.15) is 4.58 Å². The van der Waals surface area contributed by atoms with Gasteiger partial charge in [-0.25, -0.2) is 0 Å². The third-order valence-electron chi connectivity index (χ3n) is 14.2. The summed E-state index contributed by atoms with van der Waals surface area (Å²) in [5.74, 6) is 1.80. The van der Waals surface area contributed by atoms with Gasteiger partial charge in [0.15, 0.2) is 0 Å². The topological polar surface area (TPSA) is 37.2 Å². The molecule has 1 aliphatic carbocycles. The van der Waals surface area contributed by atoms with E-state index in [-0.39, 0.29) is 10.8 Å². The third kappa shape index (κ3) is 10.6. The van der Waals surface area contributed by atoms with E-state index in [1.165, 1.54) is 61.9 Å². The Morgan fingerprint density at radius 1 is 0.471 bits per heavy atom. The van der Waals surface area contributed by atoms with Gasteiger partial charge in [-0.3, -0.25) is 0 Å². The number of benzene rings is 6. The van der Waals surface area contributed by atoms with Crippen LogP contribution >= 0.6 is 0 Å². The van der Waals surface area contributed by atoms with Crippen molar-refractivity contribution in [3.8, 4) is 11.5 Å². The van der Waals surface area contributed by atoms with Crippen LogP contribution in [0.1, 0.15) is 82.1 Å². The number of aryl methyl sites for hydroxylation is 2. The lowest BCUT2D eigenvalue weighted by Crippen LogP contribution is -2.29. The fraction of sp³-hybridized carbons (Fsp3) is 0.297. The Labute approximate surface area is 417 Å². The average molecular weight is 929 g/mol. The molecule has 70 heavy (non-hydrogen) atoms. The second kappa shape index (κ2) is 21.8. The second-order valence-corrected chi connectivity index (χ2v) is 19.9. The van der Waals surface area contributed by atoms with Crippen molar-refractivity contribution in [3.05, 3.63) is 227 Å². The molecule has 2 heterocycles. The minimum Gasteiger partial charge on any atom is -0.494 e. The van der Waals surface area contributed by atoms with Gasteiger partial charge in [0, 0.05) is 82.1 Å². The molecule has 6 aromatic carbocycles. The fourth-order valence-corrected chi connectivity index (χ4v) is 10.6. The quantitative estimate of drug-likeness (QED) is 0.0634. The Bertz CT molecular complexity index is 2700. The summed E-state index contributed by atoms with van der Waals surface area (Å²) in [6.07, 6.45) is 14.8. The minimum atomic E-state index is -0.213. The maximum atomic E-state index is 6.24. The maximum absolute atomic E-state index is 6.24. The van der Waals surface area contributed by atoms with Crippen molar-refractivity contribution in [2.24, 2.45) is 0 Å². The van der Waals surface area contributed by atoms with E-state index < -0.39 is 0 Å². The monoisotopic (exact) mass is 929 g/mol. The van der Waals surface area contributed by atoms with Crippen LogP contribution in [0.5, 0.6) is 11.5 Å². The summed E-state index contributed by atoms with van der Waals surface area (Å²) in [6, 6.07) is 55.8. The number of fused-ring (bicyclic) bond motifs is 2. The van der Waals surface area contributed by atoms with E-state index in [2.05, 4.69) is 177 Å². The van der Waals surface area contributed by atoms with Crippen molar-refractivity contribution in [1.82, 2.24) is 4.58 Å². The van der Waals surface area contributed by atoms with Gasteiger partial charge in [0.1, 0.15) is 18.1 Å². The SMILES string of the molecule is Cc1ccc2c(c1)C(C)(C)C(=CC=C1CC/C(=C\C=C3\N(CCCCCOc4ccccc4)c4ccc(C)cc4C3(C)C)C1=[N+](c1ccccc1)c1ccccc1)N2CCOCCOc1ccccc1. The largest absolute Gasteiger partial charge is 0.494 e. The fourth-order valence-electron chi connectivity index (χ4n) is 10.6. The molecule has 2 aliphatic heterocycles. The first-order valence-corrected chi connectivity index (χ1v) is 25.4. The first kappa shape index (κ1) is 48.1. The lowest BCUT2D eigenvalue weighted by atomic mass is 9.83. The molecule has 1 saturated carbocycles. The Morgan fingerprint density at radius 3 is 1.43 bits per heavy atom. The van der Waals surface area contributed by atoms with Gasteiger partial charge in [0.25, 0.3) is 0 Å². The van der Waals surface area contributed by atoms with E-state index in [1.54, 1.807) is 0 Å². The molecular weight excluding hydrogens is 859 g/mol. The predicted octanol–water partition coefficient (Wildman–Crippen LogP) is 14.9. The highest BCUT2D eigenvalue weighted by Crippen LogP contribution is 2.50. The van der Waals surface area contributed by atoms with Crippen LogP contribution in [0.4, 0.5) is 22.7 Å². The first-order chi connectivity index (χ1) is 34.1. The molecule has 6 heteroatoms. The number of unbranched alkanes of at least 4 members (excludes halogenated alkanes) is 2. The van der Waals surface area contributed by atoms with Crippen LogP contribution in [0.15, 0.2) is 205 Å². The van der Waals surface area contributed by atoms with Crippen LogP contribution in [-0.2, 0) is 15.6 Å². The van der Waals surface area contributed by atoms with E-state index in [0.717, 1.165) is 74.7 Å². The van der Waals surface area contributed by atoms with Crippen LogP contribution < -0.4 is 23.8 Å². The average Bonchev–Trinajstić information content (AvgIpc) is 3.93. The molecule has 0 saturated heterocycles. The van der Waals surface area contributed by atoms with Crippen molar-refractivity contribution >= 4 is 28.5 Å². The number of allylic oxidation sites excluding steroid dienone is 8. The van der Waals surface area contributed by atoms with Gasteiger partial charge in [-0.05, 0) is 106 Å². The van der Waals surface area contributed by atoms with E-state index in [9.17, 15) is 0 Å². The van der Waals surface area contributed by atoms with E-state index >= 15 is 0 Å². The zero-order chi connectivity index (χ0) is 48.5. The number of hydrogen-bond acceptors (Lipinski definition) is 5. The van der Waals surface area contributed by atoms with Crippen LogP contribution in [0.3, 0.4) is 0 Å². The highest BCUT2D eigenvalue weighted by Gasteiger charge is 2.42. The van der Waals surface area contributed by atoms with Crippen molar-refractivity contribution in [2.75, 3.05) is 49.3 Å². The molecule has 0 radical (unpaired) electrons. The molecule has 6 nitrogen and oxygen atoms in total. The Kier molecular flexibility index (Phi) is 15.0. The molecule has 0 aromatic heterocycles. The molecule has 0 spiro atoms. The van der Waals surface area contributed by atoms with Gasteiger partial charge in [-0.15, -0.1) is 0 Å². The second-order valence-electron chi connectivity index (χ2n) is 19.9. The van der Waals surface area contributed by atoms with Crippen molar-refractivity contribution in [1.29, 1.82) is 0 Å². The molecule has 1 fully saturated rings. The maximum Gasteiger partial charge on any atom is 0.218 e. The van der Waals surface area contributed by atoms with E-state index in [0.29, 0.717) is 19.8 Å². The minimum absolute atomic E-state index is 0.168. The third-order valence-corrected chi connectivity index (χ3v) is 14.2. The molecule has 0 bridgehead atoms. The van der Waals surface area contributed by atoms with E-state index in [1.807, 2.05) is 60.7 Å². The van der Waals surface area contributed by atoms with Crippen LogP contribution in [0.25, 0.3) is 0 Å². The summed E-state index contributed by atoms with van der Waals surface area (Å²) in [4.78, 5) is 5.08. The van der Waals surface area contributed by atoms with Crippen LogP contribution in [0.2, 0.25) is 0 Å². The van der Waals surface area contributed by atoms with E-state index in [4.69, 9.17) is 14.2 Å². The zero-order valence-electron chi connectivity index (χ0n) is 42.2. The van der Waals surface area contributed by atoms with Gasteiger partial charge in [-0.1, -0.05) is 148 Å². The number of anilines is 2. The van der Waals surface area contributed by atoms with Gasteiger partial charge in [0.05, 0.1) is 19.8 Å². The number of ether oxygens (including phenoxy) is 3. The summed E-state index contributed by atoms with van der Waals surface area (Å²) < 4.78 is 20.7. The van der Waals surface area contributed by atoms with Crippen LogP contribution in [-0.4, -0.2) is 45.2 Å². The molecule has 6 aromatic rings. The number of hydrogen-bond donors (Lipinski definition) is 0. The smallest absolute Gasteiger partial charge is 0.218 e. The first-order valence-electron chi connectivity index (χ1n) is 25.4. The molecule has 9 rings (SSSR count). The van der Waals surface area contributed by atoms with Gasteiger partial charge >= 0.3 is 0 Å². The predicted molar refractivity (Wildman–Crippen MR) is 293 cm³/mol. The molecule has 0 atom stereocenters.